The van der Waals surface area contributed by atoms with Crippen molar-refractivity contribution in [2.24, 2.45) is 0 Å². The molecule has 2 rings (SSSR count). The first-order valence-corrected chi connectivity index (χ1v) is 6.20. The maximum atomic E-state index is 12.1. The van der Waals surface area contributed by atoms with E-state index in [0.29, 0.717) is 11.3 Å². The molecule has 2 aromatic rings. The summed E-state index contributed by atoms with van der Waals surface area (Å²) < 4.78 is 5.16. The number of ether oxygens (including phenoxy) is 1. The minimum atomic E-state index is -0.409. The van der Waals surface area contributed by atoms with Crippen molar-refractivity contribution in [2.45, 2.75) is 6.92 Å². The highest BCUT2D eigenvalue weighted by molar-refractivity contribution is 6.29. The van der Waals surface area contributed by atoms with E-state index in [2.05, 4.69) is 10.3 Å². The zero-order valence-electron chi connectivity index (χ0n) is 11.0. The molecule has 0 aliphatic carbocycles. The summed E-state index contributed by atoms with van der Waals surface area (Å²) in [6.45, 7) is 1.88. The van der Waals surface area contributed by atoms with Crippen molar-refractivity contribution >= 4 is 23.3 Å². The summed E-state index contributed by atoms with van der Waals surface area (Å²) >= 11 is 5.72. The third-order valence-electron chi connectivity index (χ3n) is 2.74. The molecule has 0 atom stereocenters. The Hall–Kier alpha value is -2.27. The molecular weight excluding hydrogens is 280 g/mol. The zero-order chi connectivity index (χ0) is 14.7. The van der Waals surface area contributed by atoms with Crippen LogP contribution in [-0.4, -0.2) is 23.1 Å². The number of benzene rings is 1. The summed E-state index contributed by atoms with van der Waals surface area (Å²) in [5, 5.41) is 12.3. The average Bonchev–Trinajstić information content (AvgIpc) is 2.43. The third-order valence-corrected chi connectivity index (χ3v) is 2.95. The number of carbonyl (C=O) groups excluding carboxylic acids is 1. The number of aromatic nitrogens is 1. The normalized spacial score (nSPS) is 10.2. The first kappa shape index (κ1) is 14.1. The van der Waals surface area contributed by atoms with Crippen LogP contribution < -0.4 is 10.1 Å². The molecule has 2 N–H and O–H groups in total. The van der Waals surface area contributed by atoms with Gasteiger partial charge in [-0.3, -0.25) is 4.79 Å². The summed E-state index contributed by atoms with van der Waals surface area (Å²) in [6, 6.07) is 7.85. The molecule has 6 heteroatoms. The Morgan fingerprint density at radius 3 is 2.80 bits per heavy atom. The van der Waals surface area contributed by atoms with E-state index in [1.54, 1.807) is 18.2 Å². The molecule has 0 saturated carbocycles. The maximum absolute atomic E-state index is 12.1. The van der Waals surface area contributed by atoms with E-state index in [1.165, 1.54) is 19.2 Å². The molecule has 1 amide bonds. The quantitative estimate of drug-likeness (QED) is 0.853. The number of methoxy groups -OCH3 is 1. The van der Waals surface area contributed by atoms with E-state index in [9.17, 15) is 9.90 Å². The number of carbonyl (C=O) groups is 1. The minimum absolute atomic E-state index is 0.0158. The van der Waals surface area contributed by atoms with Gasteiger partial charge in [0.05, 0.1) is 7.11 Å². The fraction of sp³-hybridized carbons (Fsp3) is 0.143. The van der Waals surface area contributed by atoms with E-state index in [4.69, 9.17) is 16.3 Å². The van der Waals surface area contributed by atoms with Gasteiger partial charge in [0, 0.05) is 5.56 Å². The molecule has 20 heavy (non-hydrogen) atoms. The Morgan fingerprint density at radius 1 is 1.35 bits per heavy atom. The monoisotopic (exact) mass is 292 g/mol. The second kappa shape index (κ2) is 5.79. The SMILES string of the molecule is COc1cc(C(=O)Nc2nc(Cl)ccc2O)ccc1C. The molecule has 1 aromatic carbocycles. The predicted octanol–water partition coefficient (Wildman–Crippen LogP) is 3.01. The Morgan fingerprint density at radius 2 is 2.10 bits per heavy atom. The van der Waals surface area contributed by atoms with E-state index in [0.717, 1.165) is 5.56 Å². The fourth-order valence-corrected chi connectivity index (χ4v) is 1.81. The number of rotatable bonds is 3. The number of nitrogens with one attached hydrogen (secondary N) is 1. The number of aryl methyl sites for hydroxylation is 1. The molecule has 0 aliphatic rings. The fourth-order valence-electron chi connectivity index (χ4n) is 1.66. The Bertz CT molecular complexity index is 659. The van der Waals surface area contributed by atoms with Crippen molar-refractivity contribution in [3.05, 3.63) is 46.6 Å². The van der Waals surface area contributed by atoms with Crippen molar-refractivity contribution < 1.29 is 14.6 Å². The van der Waals surface area contributed by atoms with Crippen molar-refractivity contribution in [3.63, 3.8) is 0 Å². The van der Waals surface area contributed by atoms with Crippen LogP contribution in [0.3, 0.4) is 0 Å². The van der Waals surface area contributed by atoms with Crippen molar-refractivity contribution in [2.75, 3.05) is 12.4 Å². The summed E-state index contributed by atoms with van der Waals surface area (Å²) in [5.41, 5.74) is 1.32. The van der Waals surface area contributed by atoms with Crippen LogP contribution >= 0.6 is 11.6 Å². The lowest BCUT2D eigenvalue weighted by molar-refractivity contribution is 0.102. The molecule has 0 unspecified atom stereocenters. The lowest BCUT2D eigenvalue weighted by Crippen LogP contribution is -2.13. The zero-order valence-corrected chi connectivity index (χ0v) is 11.7. The van der Waals surface area contributed by atoms with E-state index >= 15 is 0 Å². The van der Waals surface area contributed by atoms with Crippen LogP contribution in [0.1, 0.15) is 15.9 Å². The number of halogens is 1. The third kappa shape index (κ3) is 3.00. The summed E-state index contributed by atoms with van der Waals surface area (Å²) in [7, 11) is 1.54. The molecular formula is C14H13ClN2O3. The number of nitrogens with zero attached hydrogens (tertiary/aromatic N) is 1. The van der Waals surface area contributed by atoms with Crippen LogP contribution in [0.25, 0.3) is 0 Å². The molecule has 0 aliphatic heterocycles. The van der Waals surface area contributed by atoms with Crippen molar-refractivity contribution in [1.82, 2.24) is 4.98 Å². The van der Waals surface area contributed by atoms with Gasteiger partial charge >= 0.3 is 0 Å². The van der Waals surface area contributed by atoms with Gasteiger partial charge in [0.25, 0.3) is 5.91 Å². The van der Waals surface area contributed by atoms with Gasteiger partial charge in [0.1, 0.15) is 10.9 Å². The summed E-state index contributed by atoms with van der Waals surface area (Å²) in [6.07, 6.45) is 0. The molecule has 1 heterocycles. The minimum Gasteiger partial charge on any atom is -0.504 e. The Labute approximate surface area is 121 Å². The van der Waals surface area contributed by atoms with Gasteiger partial charge in [-0.1, -0.05) is 17.7 Å². The largest absolute Gasteiger partial charge is 0.504 e. The van der Waals surface area contributed by atoms with Crippen LogP contribution in [0.5, 0.6) is 11.5 Å². The van der Waals surface area contributed by atoms with Gasteiger partial charge in [-0.05, 0) is 36.8 Å². The smallest absolute Gasteiger partial charge is 0.257 e. The molecule has 0 bridgehead atoms. The average molecular weight is 293 g/mol. The number of pyridine rings is 1. The van der Waals surface area contributed by atoms with Crippen molar-refractivity contribution in [1.29, 1.82) is 0 Å². The van der Waals surface area contributed by atoms with Crippen LogP contribution in [0.4, 0.5) is 5.82 Å². The van der Waals surface area contributed by atoms with Crippen LogP contribution in [0.15, 0.2) is 30.3 Å². The van der Waals surface area contributed by atoms with Gasteiger partial charge < -0.3 is 15.2 Å². The van der Waals surface area contributed by atoms with E-state index in [-0.39, 0.29) is 16.7 Å². The molecule has 0 saturated heterocycles. The number of amides is 1. The van der Waals surface area contributed by atoms with Crippen LogP contribution in [0, 0.1) is 6.92 Å². The maximum Gasteiger partial charge on any atom is 0.257 e. The molecule has 0 radical (unpaired) electrons. The lowest BCUT2D eigenvalue weighted by Gasteiger charge is -2.09. The van der Waals surface area contributed by atoms with E-state index < -0.39 is 5.91 Å². The molecule has 104 valence electrons. The van der Waals surface area contributed by atoms with Gasteiger partial charge in [0.2, 0.25) is 0 Å². The molecule has 0 spiro atoms. The Balaban J connectivity index is 2.26. The van der Waals surface area contributed by atoms with Gasteiger partial charge in [0.15, 0.2) is 11.6 Å². The topological polar surface area (TPSA) is 71.5 Å². The molecule has 5 nitrogen and oxygen atoms in total. The number of anilines is 1. The summed E-state index contributed by atoms with van der Waals surface area (Å²) in [4.78, 5) is 15.9. The van der Waals surface area contributed by atoms with Crippen LogP contribution in [-0.2, 0) is 0 Å². The second-order valence-corrected chi connectivity index (χ2v) is 4.53. The van der Waals surface area contributed by atoms with Crippen LogP contribution in [0.2, 0.25) is 5.15 Å². The first-order chi connectivity index (χ1) is 9.51. The highest BCUT2D eigenvalue weighted by Crippen LogP contribution is 2.24. The number of aromatic hydroxyl groups is 1. The molecule has 0 fully saturated rings. The van der Waals surface area contributed by atoms with Gasteiger partial charge in [-0.15, -0.1) is 0 Å². The lowest BCUT2D eigenvalue weighted by atomic mass is 10.1. The van der Waals surface area contributed by atoms with E-state index in [1.807, 2.05) is 6.92 Å². The molecule has 1 aromatic heterocycles. The van der Waals surface area contributed by atoms with Gasteiger partial charge in [-0.2, -0.15) is 0 Å². The number of hydrogen-bond donors (Lipinski definition) is 2. The highest BCUT2D eigenvalue weighted by Gasteiger charge is 2.12. The second-order valence-electron chi connectivity index (χ2n) is 4.14. The first-order valence-electron chi connectivity index (χ1n) is 5.83. The standard InChI is InChI=1S/C14H13ClN2O3/c1-8-3-4-9(7-11(8)20-2)14(19)17-13-10(18)5-6-12(15)16-13/h3-7,18H,1-2H3,(H,16,17,19). The number of hydrogen-bond acceptors (Lipinski definition) is 4. The Kier molecular flexibility index (Phi) is 4.10. The van der Waals surface area contributed by atoms with Crippen molar-refractivity contribution in [3.8, 4) is 11.5 Å². The highest BCUT2D eigenvalue weighted by atomic mass is 35.5. The predicted molar refractivity (Wildman–Crippen MR) is 76.6 cm³/mol. The summed E-state index contributed by atoms with van der Waals surface area (Å²) in [5.74, 6) is 0.0677. The van der Waals surface area contributed by atoms with Gasteiger partial charge in [-0.25, -0.2) is 4.98 Å².